The average Bonchev–Trinajstić information content (AvgIpc) is 2.28. The van der Waals surface area contributed by atoms with E-state index in [2.05, 4.69) is 15.9 Å². The Hall–Kier alpha value is -0.870. The van der Waals surface area contributed by atoms with Crippen LogP contribution in [0, 0.1) is 5.41 Å². The lowest BCUT2D eigenvalue weighted by molar-refractivity contribution is 0.0932. The van der Waals surface area contributed by atoms with Gasteiger partial charge in [-0.15, -0.1) is 0 Å². The first-order valence-corrected chi connectivity index (χ1v) is 6.26. The summed E-state index contributed by atoms with van der Waals surface area (Å²) >= 11 is 3.36. The molecule has 2 N–H and O–H groups in total. The van der Waals surface area contributed by atoms with Gasteiger partial charge in [-0.2, -0.15) is 0 Å². The lowest BCUT2D eigenvalue weighted by Crippen LogP contribution is -2.26. The van der Waals surface area contributed by atoms with Crippen LogP contribution >= 0.6 is 15.9 Å². The molecule has 4 heteroatoms. The first-order valence-electron chi connectivity index (χ1n) is 5.46. The fourth-order valence-corrected chi connectivity index (χ4v) is 1.86. The number of carbonyl (C=O) groups is 1. The zero-order valence-corrected chi connectivity index (χ0v) is 12.0. The van der Waals surface area contributed by atoms with Gasteiger partial charge in [-0.25, -0.2) is 0 Å². The molecule has 94 valence electrons. The number of rotatable bonds is 5. The number of benzene rings is 1. The minimum atomic E-state index is -0.190. The summed E-state index contributed by atoms with van der Waals surface area (Å²) in [6, 6.07) is 5.42. The van der Waals surface area contributed by atoms with Crippen molar-refractivity contribution in [1.82, 2.24) is 0 Å². The lowest BCUT2D eigenvalue weighted by atomic mass is 9.85. The van der Waals surface area contributed by atoms with E-state index in [0.29, 0.717) is 24.3 Å². The van der Waals surface area contributed by atoms with E-state index in [4.69, 9.17) is 10.5 Å². The molecule has 1 rings (SSSR count). The Bertz CT molecular complexity index is 416. The second-order valence-electron chi connectivity index (χ2n) is 4.81. The first-order chi connectivity index (χ1) is 7.89. The van der Waals surface area contributed by atoms with Crippen molar-refractivity contribution >= 4 is 21.7 Å². The molecule has 17 heavy (non-hydrogen) atoms. The van der Waals surface area contributed by atoms with Gasteiger partial charge in [0.1, 0.15) is 5.75 Å². The molecule has 0 radical (unpaired) electrons. The van der Waals surface area contributed by atoms with Gasteiger partial charge in [0.15, 0.2) is 5.78 Å². The molecule has 1 aromatic rings. The van der Waals surface area contributed by atoms with Gasteiger partial charge in [-0.3, -0.25) is 4.79 Å². The number of ketones is 1. The maximum Gasteiger partial charge on any atom is 0.167 e. The second-order valence-corrected chi connectivity index (χ2v) is 5.73. The summed E-state index contributed by atoms with van der Waals surface area (Å²) in [5, 5.41) is 0. The topological polar surface area (TPSA) is 52.3 Å². The van der Waals surface area contributed by atoms with Crippen LogP contribution in [0.1, 0.15) is 30.6 Å². The van der Waals surface area contributed by atoms with Crippen molar-refractivity contribution < 1.29 is 9.53 Å². The molecule has 0 aromatic heterocycles. The summed E-state index contributed by atoms with van der Waals surface area (Å²) in [5.41, 5.74) is 6.05. The molecular formula is C13H18BrNO2. The summed E-state index contributed by atoms with van der Waals surface area (Å²) in [7, 11) is 1.56. The predicted molar refractivity (Wildman–Crippen MR) is 72.5 cm³/mol. The van der Waals surface area contributed by atoms with Crippen LogP contribution in [0.2, 0.25) is 0 Å². The molecule has 0 heterocycles. The number of hydrogen-bond donors (Lipinski definition) is 1. The molecule has 0 amide bonds. The van der Waals surface area contributed by atoms with E-state index < -0.39 is 0 Å². The first kappa shape index (κ1) is 14.2. The third-order valence-electron chi connectivity index (χ3n) is 2.65. The third kappa shape index (κ3) is 3.82. The van der Waals surface area contributed by atoms with E-state index >= 15 is 0 Å². The summed E-state index contributed by atoms with van der Waals surface area (Å²) in [5.74, 6) is 0.657. The molecule has 0 saturated heterocycles. The van der Waals surface area contributed by atoms with Gasteiger partial charge in [0.25, 0.3) is 0 Å². The van der Waals surface area contributed by atoms with Crippen molar-refractivity contribution in [3.63, 3.8) is 0 Å². The molecule has 3 nitrogen and oxygen atoms in total. The van der Waals surface area contributed by atoms with Crippen molar-refractivity contribution in [1.29, 1.82) is 0 Å². The zero-order valence-electron chi connectivity index (χ0n) is 10.4. The van der Waals surface area contributed by atoms with Crippen LogP contribution in [-0.4, -0.2) is 19.4 Å². The summed E-state index contributed by atoms with van der Waals surface area (Å²) in [4.78, 5) is 12.2. The second kappa shape index (κ2) is 5.65. The summed E-state index contributed by atoms with van der Waals surface area (Å²) < 4.78 is 6.06. The Morgan fingerprint density at radius 2 is 2.12 bits per heavy atom. The van der Waals surface area contributed by atoms with E-state index in [1.807, 2.05) is 19.9 Å². The number of nitrogens with two attached hydrogens (primary N) is 1. The van der Waals surface area contributed by atoms with Crippen LogP contribution in [0.5, 0.6) is 5.75 Å². The van der Waals surface area contributed by atoms with Gasteiger partial charge < -0.3 is 10.5 Å². The van der Waals surface area contributed by atoms with E-state index in [0.717, 1.165) is 4.47 Å². The predicted octanol–water partition coefficient (Wildman–Crippen LogP) is 3.02. The third-order valence-corrected chi connectivity index (χ3v) is 3.15. The number of carbonyl (C=O) groups excluding carboxylic acids is 1. The van der Waals surface area contributed by atoms with Crippen LogP contribution in [0.3, 0.4) is 0 Å². The standard InChI is InChI=1S/C13H18BrNO2/c1-13(2,8-15)7-11(16)10-6-9(14)4-5-12(10)17-3/h4-6H,7-8,15H2,1-3H3. The number of methoxy groups -OCH3 is 1. The van der Waals surface area contributed by atoms with Crippen LogP contribution in [0.15, 0.2) is 22.7 Å². The van der Waals surface area contributed by atoms with E-state index in [-0.39, 0.29) is 11.2 Å². The molecule has 0 spiro atoms. The number of Topliss-reactive ketones (excluding diaryl/α,β-unsaturated/α-hetero) is 1. The highest BCUT2D eigenvalue weighted by molar-refractivity contribution is 9.10. The molecule has 0 saturated carbocycles. The van der Waals surface area contributed by atoms with E-state index in [1.165, 1.54) is 0 Å². The van der Waals surface area contributed by atoms with Crippen LogP contribution in [0.25, 0.3) is 0 Å². The summed E-state index contributed by atoms with van der Waals surface area (Å²) in [6.45, 7) is 4.44. The fourth-order valence-electron chi connectivity index (χ4n) is 1.50. The minimum absolute atomic E-state index is 0.0543. The Kier molecular flexibility index (Phi) is 4.71. The largest absolute Gasteiger partial charge is 0.496 e. The Labute approximate surface area is 110 Å². The average molecular weight is 300 g/mol. The Morgan fingerprint density at radius 1 is 1.47 bits per heavy atom. The fraction of sp³-hybridized carbons (Fsp3) is 0.462. The van der Waals surface area contributed by atoms with Gasteiger partial charge >= 0.3 is 0 Å². The molecule has 1 aromatic carbocycles. The molecule has 0 bridgehead atoms. The molecule has 0 aliphatic carbocycles. The normalized spacial score (nSPS) is 11.4. The quantitative estimate of drug-likeness (QED) is 0.850. The molecule has 0 aliphatic rings. The lowest BCUT2D eigenvalue weighted by Gasteiger charge is -2.21. The molecule has 0 fully saturated rings. The number of ether oxygens (including phenoxy) is 1. The number of hydrogen-bond acceptors (Lipinski definition) is 3. The number of halogens is 1. The Morgan fingerprint density at radius 3 is 2.65 bits per heavy atom. The molecule has 0 atom stereocenters. The van der Waals surface area contributed by atoms with Crippen LogP contribution in [0.4, 0.5) is 0 Å². The monoisotopic (exact) mass is 299 g/mol. The highest BCUT2D eigenvalue weighted by Gasteiger charge is 2.23. The van der Waals surface area contributed by atoms with Crippen LogP contribution in [-0.2, 0) is 0 Å². The smallest absolute Gasteiger partial charge is 0.167 e. The van der Waals surface area contributed by atoms with Gasteiger partial charge in [-0.05, 0) is 30.2 Å². The maximum atomic E-state index is 12.2. The van der Waals surface area contributed by atoms with Crippen LogP contribution < -0.4 is 10.5 Å². The van der Waals surface area contributed by atoms with Gasteiger partial charge in [0, 0.05) is 10.9 Å². The van der Waals surface area contributed by atoms with Gasteiger partial charge in [-0.1, -0.05) is 29.8 Å². The highest BCUT2D eigenvalue weighted by Crippen LogP contribution is 2.28. The van der Waals surface area contributed by atoms with Crippen molar-refractivity contribution in [3.8, 4) is 5.75 Å². The zero-order chi connectivity index (χ0) is 13.1. The summed E-state index contributed by atoms with van der Waals surface area (Å²) in [6.07, 6.45) is 0.413. The minimum Gasteiger partial charge on any atom is -0.496 e. The van der Waals surface area contributed by atoms with Gasteiger partial charge in [0.2, 0.25) is 0 Å². The molecule has 0 aliphatic heterocycles. The molecular weight excluding hydrogens is 282 g/mol. The van der Waals surface area contributed by atoms with E-state index in [1.54, 1.807) is 19.2 Å². The van der Waals surface area contributed by atoms with Crippen molar-refractivity contribution in [3.05, 3.63) is 28.2 Å². The maximum absolute atomic E-state index is 12.2. The van der Waals surface area contributed by atoms with Gasteiger partial charge in [0.05, 0.1) is 12.7 Å². The van der Waals surface area contributed by atoms with Crippen molar-refractivity contribution in [2.24, 2.45) is 11.1 Å². The molecule has 0 unspecified atom stereocenters. The SMILES string of the molecule is COc1ccc(Br)cc1C(=O)CC(C)(C)CN. The Balaban J connectivity index is 2.99. The van der Waals surface area contributed by atoms with Crippen molar-refractivity contribution in [2.45, 2.75) is 20.3 Å². The highest BCUT2D eigenvalue weighted by atomic mass is 79.9. The van der Waals surface area contributed by atoms with Crippen molar-refractivity contribution in [2.75, 3.05) is 13.7 Å². The van der Waals surface area contributed by atoms with E-state index in [9.17, 15) is 4.79 Å².